The van der Waals surface area contributed by atoms with Crippen LogP contribution in [-0.2, 0) is 11.3 Å². The molecule has 88 valence electrons. The Morgan fingerprint density at radius 3 is 2.88 bits per heavy atom. The van der Waals surface area contributed by atoms with E-state index in [1.807, 2.05) is 11.8 Å². The van der Waals surface area contributed by atoms with Crippen molar-refractivity contribution in [3.63, 3.8) is 0 Å². The van der Waals surface area contributed by atoms with Gasteiger partial charge in [0.05, 0.1) is 18.5 Å². The minimum atomic E-state index is 0.635. The highest BCUT2D eigenvalue weighted by atomic mass is 79.9. The summed E-state index contributed by atoms with van der Waals surface area (Å²) >= 11 is 5.53. The second-order valence-corrected chi connectivity index (χ2v) is 6.02. The molecule has 4 heteroatoms. The normalized spacial score (nSPS) is 16.1. The zero-order valence-electron chi connectivity index (χ0n) is 9.33. The van der Waals surface area contributed by atoms with Crippen molar-refractivity contribution in [2.75, 3.05) is 19.8 Å². The van der Waals surface area contributed by atoms with Crippen LogP contribution in [0.25, 0.3) is 0 Å². The zero-order chi connectivity index (χ0) is 11.4. The van der Waals surface area contributed by atoms with Crippen molar-refractivity contribution in [3.8, 4) is 0 Å². The Bertz CT molecular complexity index is 355. The molecule has 1 heterocycles. The predicted molar refractivity (Wildman–Crippen MR) is 72.0 cm³/mol. The summed E-state index contributed by atoms with van der Waals surface area (Å²) in [5.74, 6) is 0. The van der Waals surface area contributed by atoms with Gasteiger partial charge in [0.2, 0.25) is 0 Å². The van der Waals surface area contributed by atoms with Gasteiger partial charge in [-0.05, 0) is 40.2 Å². The molecule has 1 aromatic rings. The van der Waals surface area contributed by atoms with Crippen molar-refractivity contribution in [2.45, 2.75) is 23.6 Å². The Labute approximate surface area is 109 Å². The van der Waals surface area contributed by atoms with Gasteiger partial charge in [0.25, 0.3) is 0 Å². The topological polar surface area (TPSA) is 21.3 Å². The molecule has 0 unspecified atom stereocenters. The van der Waals surface area contributed by atoms with Crippen LogP contribution in [0.1, 0.15) is 12.5 Å². The summed E-state index contributed by atoms with van der Waals surface area (Å²) in [4.78, 5) is 1.31. The first-order valence-corrected chi connectivity index (χ1v) is 7.20. The van der Waals surface area contributed by atoms with E-state index >= 15 is 0 Å². The molecular weight excluding hydrogens is 286 g/mol. The average molecular weight is 302 g/mol. The van der Waals surface area contributed by atoms with E-state index in [1.165, 1.54) is 14.9 Å². The highest BCUT2D eigenvalue weighted by Gasteiger charge is 2.20. The highest BCUT2D eigenvalue weighted by Crippen LogP contribution is 2.33. The van der Waals surface area contributed by atoms with Crippen LogP contribution >= 0.6 is 27.7 Å². The first kappa shape index (κ1) is 12.4. The monoisotopic (exact) mass is 301 g/mol. The lowest BCUT2D eigenvalue weighted by Gasteiger charge is -2.25. The van der Waals surface area contributed by atoms with Gasteiger partial charge in [-0.2, -0.15) is 0 Å². The number of thioether (sulfide) groups is 1. The van der Waals surface area contributed by atoms with Crippen molar-refractivity contribution in [1.29, 1.82) is 0 Å². The molecule has 0 aromatic heterocycles. The van der Waals surface area contributed by atoms with Gasteiger partial charge >= 0.3 is 0 Å². The molecule has 2 rings (SSSR count). The minimum Gasteiger partial charge on any atom is -0.379 e. The Morgan fingerprint density at radius 2 is 2.31 bits per heavy atom. The van der Waals surface area contributed by atoms with Crippen LogP contribution in [0.4, 0.5) is 0 Å². The summed E-state index contributed by atoms with van der Waals surface area (Å²) in [7, 11) is 0. The maximum absolute atomic E-state index is 5.18. The number of hydrogen-bond acceptors (Lipinski definition) is 3. The van der Waals surface area contributed by atoms with Gasteiger partial charge < -0.3 is 10.1 Å². The molecule has 16 heavy (non-hydrogen) atoms. The molecule has 1 N–H and O–H groups in total. The lowest BCUT2D eigenvalue weighted by atomic mass is 10.2. The number of benzene rings is 1. The van der Waals surface area contributed by atoms with Gasteiger partial charge in [0.1, 0.15) is 0 Å². The number of nitrogens with one attached hydrogen (secondary N) is 1. The summed E-state index contributed by atoms with van der Waals surface area (Å²) in [6.07, 6.45) is 0. The average Bonchev–Trinajstić information content (AvgIpc) is 2.22. The van der Waals surface area contributed by atoms with Crippen LogP contribution in [0.5, 0.6) is 0 Å². The Hall–Kier alpha value is -0.0300. The lowest BCUT2D eigenvalue weighted by Crippen LogP contribution is -2.30. The SMILES string of the molecule is CCNCc1ccc(SC2COC2)c(Br)c1. The number of halogens is 1. The van der Waals surface area contributed by atoms with Gasteiger partial charge in [-0.1, -0.05) is 13.0 Å². The molecular formula is C12H16BrNOS. The van der Waals surface area contributed by atoms with Crippen LogP contribution in [0.2, 0.25) is 0 Å². The van der Waals surface area contributed by atoms with Crippen molar-refractivity contribution in [3.05, 3.63) is 28.2 Å². The summed E-state index contributed by atoms with van der Waals surface area (Å²) in [6.45, 7) is 5.84. The van der Waals surface area contributed by atoms with Gasteiger partial charge in [-0.25, -0.2) is 0 Å². The van der Waals surface area contributed by atoms with Crippen molar-refractivity contribution in [2.24, 2.45) is 0 Å². The second kappa shape index (κ2) is 6.05. The smallest absolute Gasteiger partial charge is 0.0611 e. The van der Waals surface area contributed by atoms with Crippen molar-refractivity contribution in [1.82, 2.24) is 5.32 Å². The molecule has 1 aliphatic rings. The van der Waals surface area contributed by atoms with Crippen LogP contribution in [0.3, 0.4) is 0 Å². The van der Waals surface area contributed by atoms with Gasteiger partial charge in [-0.15, -0.1) is 11.8 Å². The van der Waals surface area contributed by atoms with Gasteiger partial charge in [0, 0.05) is 15.9 Å². The van der Waals surface area contributed by atoms with Crippen molar-refractivity contribution >= 4 is 27.7 Å². The molecule has 1 aliphatic heterocycles. The molecule has 0 radical (unpaired) electrons. The zero-order valence-corrected chi connectivity index (χ0v) is 11.7. The molecule has 0 amide bonds. The lowest BCUT2D eigenvalue weighted by molar-refractivity contribution is 0.0455. The Morgan fingerprint density at radius 1 is 1.50 bits per heavy atom. The maximum Gasteiger partial charge on any atom is 0.0611 e. The molecule has 2 nitrogen and oxygen atoms in total. The Kier molecular flexibility index (Phi) is 4.70. The van der Waals surface area contributed by atoms with Crippen LogP contribution in [0, 0.1) is 0 Å². The van der Waals surface area contributed by atoms with Gasteiger partial charge in [-0.3, -0.25) is 0 Å². The van der Waals surface area contributed by atoms with E-state index in [9.17, 15) is 0 Å². The molecule has 1 fully saturated rings. The van der Waals surface area contributed by atoms with E-state index in [0.717, 1.165) is 26.3 Å². The predicted octanol–water partition coefficient (Wildman–Crippen LogP) is 3.05. The third-order valence-electron chi connectivity index (χ3n) is 2.48. The van der Waals surface area contributed by atoms with Crippen LogP contribution in [0.15, 0.2) is 27.6 Å². The molecule has 1 aromatic carbocycles. The minimum absolute atomic E-state index is 0.635. The number of rotatable bonds is 5. The summed E-state index contributed by atoms with van der Waals surface area (Å²) in [5.41, 5.74) is 1.32. The van der Waals surface area contributed by atoms with E-state index in [0.29, 0.717) is 5.25 Å². The van der Waals surface area contributed by atoms with E-state index in [1.54, 1.807) is 0 Å². The highest BCUT2D eigenvalue weighted by molar-refractivity contribution is 9.10. The fraction of sp³-hybridized carbons (Fsp3) is 0.500. The molecule has 0 atom stereocenters. The fourth-order valence-electron chi connectivity index (χ4n) is 1.48. The number of hydrogen-bond donors (Lipinski definition) is 1. The Balaban J connectivity index is 1.97. The third kappa shape index (κ3) is 3.23. The molecule has 1 saturated heterocycles. The van der Waals surface area contributed by atoms with Crippen molar-refractivity contribution < 1.29 is 4.74 Å². The standard InChI is InChI=1S/C12H16BrNOS/c1-2-14-6-9-3-4-12(11(13)5-9)16-10-7-15-8-10/h3-5,10,14H,2,6-8H2,1H3. The quantitative estimate of drug-likeness (QED) is 0.903. The fourth-order valence-corrected chi connectivity index (χ4v) is 3.19. The molecule has 0 bridgehead atoms. The number of ether oxygens (including phenoxy) is 1. The maximum atomic E-state index is 5.18. The van der Waals surface area contributed by atoms with E-state index in [-0.39, 0.29) is 0 Å². The molecule has 0 aliphatic carbocycles. The molecule has 0 saturated carbocycles. The summed E-state index contributed by atoms with van der Waals surface area (Å²) in [5, 5.41) is 3.96. The van der Waals surface area contributed by atoms with E-state index in [4.69, 9.17) is 4.74 Å². The van der Waals surface area contributed by atoms with Crippen LogP contribution in [-0.4, -0.2) is 25.0 Å². The summed E-state index contributed by atoms with van der Waals surface area (Å²) < 4.78 is 6.37. The van der Waals surface area contributed by atoms with Gasteiger partial charge in [0.15, 0.2) is 0 Å². The summed E-state index contributed by atoms with van der Waals surface area (Å²) in [6, 6.07) is 6.58. The van der Waals surface area contributed by atoms with E-state index < -0.39 is 0 Å². The third-order valence-corrected chi connectivity index (χ3v) is 4.61. The van der Waals surface area contributed by atoms with E-state index in [2.05, 4.69) is 46.4 Å². The second-order valence-electron chi connectivity index (χ2n) is 3.82. The molecule has 0 spiro atoms. The first-order chi connectivity index (χ1) is 7.79. The first-order valence-electron chi connectivity index (χ1n) is 5.53. The van der Waals surface area contributed by atoms with Crippen LogP contribution < -0.4 is 5.32 Å². The largest absolute Gasteiger partial charge is 0.379 e.